The summed E-state index contributed by atoms with van der Waals surface area (Å²) in [4.78, 5) is 10.9. The van der Waals surface area contributed by atoms with Crippen LogP contribution in [0.25, 0.3) is 0 Å². The molecule has 0 saturated carbocycles. The molecule has 16 heavy (non-hydrogen) atoms. The smallest absolute Gasteiger partial charge is 0.178 e. The van der Waals surface area contributed by atoms with Gasteiger partial charge in [0.05, 0.1) is 17.8 Å². The van der Waals surface area contributed by atoms with Crippen molar-refractivity contribution in [2.75, 3.05) is 12.9 Å². The summed E-state index contributed by atoms with van der Waals surface area (Å²) in [6.45, 7) is 1.38. The zero-order valence-corrected chi connectivity index (χ0v) is 10.1. The molecule has 0 bridgehead atoms. The Morgan fingerprint density at radius 2 is 2.06 bits per heavy atom. The number of methoxy groups -OCH3 is 1. The molecule has 0 saturated heterocycles. The lowest BCUT2D eigenvalue weighted by Crippen LogP contribution is -2.09. The first-order chi connectivity index (χ1) is 7.45. The molecule has 1 aromatic carbocycles. The fourth-order valence-corrected chi connectivity index (χ4v) is 2.56. The standard InChI is InChI=1S/C11H14O4S/c1-9(12)6-7-16(13,14)11-5-3-4-10(8-11)15-2/h3-5,8H,6-7H2,1-2H3. The third-order valence-corrected chi connectivity index (χ3v) is 3.84. The highest BCUT2D eigenvalue weighted by Gasteiger charge is 2.15. The van der Waals surface area contributed by atoms with E-state index in [2.05, 4.69) is 0 Å². The Bertz CT molecular complexity index is 477. The first-order valence-electron chi connectivity index (χ1n) is 4.82. The van der Waals surface area contributed by atoms with Gasteiger partial charge in [0.15, 0.2) is 9.84 Å². The van der Waals surface area contributed by atoms with Crippen molar-refractivity contribution in [3.05, 3.63) is 24.3 Å². The lowest BCUT2D eigenvalue weighted by atomic mass is 10.3. The molecule has 1 rings (SSSR count). The van der Waals surface area contributed by atoms with Crippen LogP contribution in [0.2, 0.25) is 0 Å². The van der Waals surface area contributed by atoms with Crippen LogP contribution in [-0.4, -0.2) is 27.1 Å². The van der Waals surface area contributed by atoms with E-state index in [1.54, 1.807) is 12.1 Å². The first kappa shape index (κ1) is 12.7. The number of carbonyl (C=O) groups is 1. The lowest BCUT2D eigenvalue weighted by molar-refractivity contribution is -0.116. The Balaban J connectivity index is 2.93. The number of hydrogen-bond acceptors (Lipinski definition) is 4. The van der Waals surface area contributed by atoms with Crippen LogP contribution >= 0.6 is 0 Å². The fourth-order valence-electron chi connectivity index (χ4n) is 1.19. The van der Waals surface area contributed by atoms with Gasteiger partial charge in [-0.2, -0.15) is 0 Å². The van der Waals surface area contributed by atoms with Crippen molar-refractivity contribution in [2.24, 2.45) is 0 Å². The van der Waals surface area contributed by atoms with E-state index in [1.807, 2.05) is 0 Å². The predicted octanol–water partition coefficient (Wildman–Crippen LogP) is 1.45. The van der Waals surface area contributed by atoms with Crippen LogP contribution in [0.15, 0.2) is 29.2 Å². The highest BCUT2D eigenvalue weighted by molar-refractivity contribution is 7.91. The summed E-state index contributed by atoms with van der Waals surface area (Å²) in [7, 11) is -1.92. The second-order valence-electron chi connectivity index (χ2n) is 3.45. The SMILES string of the molecule is COc1cccc(S(=O)(=O)CCC(C)=O)c1. The molecule has 0 amide bonds. The molecule has 0 heterocycles. The number of ketones is 1. The van der Waals surface area contributed by atoms with Crippen molar-refractivity contribution >= 4 is 15.6 Å². The monoisotopic (exact) mass is 242 g/mol. The number of sulfone groups is 1. The van der Waals surface area contributed by atoms with Gasteiger partial charge in [0.25, 0.3) is 0 Å². The minimum Gasteiger partial charge on any atom is -0.497 e. The number of Topliss-reactive ketones (excluding diaryl/α,β-unsaturated/α-hetero) is 1. The number of hydrogen-bond donors (Lipinski definition) is 0. The largest absolute Gasteiger partial charge is 0.497 e. The molecule has 0 aliphatic rings. The van der Waals surface area contributed by atoms with Crippen LogP contribution in [0.5, 0.6) is 5.75 Å². The maximum absolute atomic E-state index is 11.8. The number of benzene rings is 1. The maximum atomic E-state index is 11.8. The van der Waals surface area contributed by atoms with E-state index in [1.165, 1.54) is 26.2 Å². The van der Waals surface area contributed by atoms with Crippen molar-refractivity contribution in [3.8, 4) is 5.75 Å². The van der Waals surface area contributed by atoms with Crippen molar-refractivity contribution in [1.29, 1.82) is 0 Å². The van der Waals surface area contributed by atoms with Gasteiger partial charge in [0.2, 0.25) is 0 Å². The fraction of sp³-hybridized carbons (Fsp3) is 0.364. The number of rotatable bonds is 5. The zero-order chi connectivity index (χ0) is 12.2. The quantitative estimate of drug-likeness (QED) is 0.784. The summed E-state index contributed by atoms with van der Waals surface area (Å²) in [5.41, 5.74) is 0. The van der Waals surface area contributed by atoms with Crippen LogP contribution in [-0.2, 0) is 14.6 Å². The summed E-state index contributed by atoms with van der Waals surface area (Å²) in [6, 6.07) is 6.23. The highest BCUT2D eigenvalue weighted by Crippen LogP contribution is 2.18. The molecule has 5 heteroatoms. The summed E-state index contributed by atoms with van der Waals surface area (Å²) in [6.07, 6.45) is 0.0412. The van der Waals surface area contributed by atoms with Gasteiger partial charge in [-0.15, -0.1) is 0 Å². The number of carbonyl (C=O) groups excluding carboxylic acids is 1. The molecule has 0 spiro atoms. The van der Waals surface area contributed by atoms with Gasteiger partial charge in [-0.1, -0.05) is 6.07 Å². The Labute approximate surface area is 95.2 Å². The van der Waals surface area contributed by atoms with Crippen molar-refractivity contribution < 1.29 is 17.9 Å². The van der Waals surface area contributed by atoms with E-state index < -0.39 is 9.84 Å². The Morgan fingerprint density at radius 3 is 2.62 bits per heavy atom. The summed E-state index contributed by atoms with van der Waals surface area (Å²) < 4.78 is 28.5. The van der Waals surface area contributed by atoms with Crippen LogP contribution in [0.1, 0.15) is 13.3 Å². The van der Waals surface area contributed by atoms with Gasteiger partial charge in [0, 0.05) is 6.42 Å². The molecule has 0 aliphatic heterocycles. The summed E-state index contributed by atoms with van der Waals surface area (Å²) in [5, 5.41) is 0. The van der Waals surface area contributed by atoms with E-state index in [0.29, 0.717) is 5.75 Å². The molecule has 0 N–H and O–H groups in total. The molecular weight excluding hydrogens is 228 g/mol. The molecule has 0 aromatic heterocycles. The average Bonchev–Trinajstić information content (AvgIpc) is 2.27. The van der Waals surface area contributed by atoms with Gasteiger partial charge in [-0.3, -0.25) is 4.79 Å². The van der Waals surface area contributed by atoms with E-state index in [0.717, 1.165) is 0 Å². The Hall–Kier alpha value is -1.36. The molecule has 0 fully saturated rings. The van der Waals surface area contributed by atoms with E-state index in [-0.39, 0.29) is 22.9 Å². The topological polar surface area (TPSA) is 60.4 Å². The second kappa shape index (κ2) is 5.12. The number of ether oxygens (including phenoxy) is 1. The molecule has 0 aliphatic carbocycles. The van der Waals surface area contributed by atoms with E-state index >= 15 is 0 Å². The average molecular weight is 242 g/mol. The molecule has 0 unspecified atom stereocenters. The van der Waals surface area contributed by atoms with Crippen LogP contribution in [0.3, 0.4) is 0 Å². The minimum atomic E-state index is -3.39. The van der Waals surface area contributed by atoms with E-state index in [9.17, 15) is 13.2 Å². The maximum Gasteiger partial charge on any atom is 0.178 e. The molecule has 4 nitrogen and oxygen atoms in total. The summed E-state index contributed by atoms with van der Waals surface area (Å²) in [5.74, 6) is 0.200. The lowest BCUT2D eigenvalue weighted by Gasteiger charge is -2.05. The Kier molecular flexibility index (Phi) is 4.06. The molecular formula is C11H14O4S. The van der Waals surface area contributed by atoms with Crippen LogP contribution in [0.4, 0.5) is 0 Å². The van der Waals surface area contributed by atoms with Gasteiger partial charge in [0.1, 0.15) is 11.5 Å². The normalized spacial score (nSPS) is 11.1. The third kappa shape index (κ3) is 3.34. The van der Waals surface area contributed by atoms with Gasteiger partial charge >= 0.3 is 0 Å². The first-order valence-corrected chi connectivity index (χ1v) is 6.47. The van der Waals surface area contributed by atoms with Crippen LogP contribution < -0.4 is 4.74 Å². The summed E-state index contributed by atoms with van der Waals surface area (Å²) >= 11 is 0. The predicted molar refractivity (Wildman–Crippen MR) is 60.3 cm³/mol. The second-order valence-corrected chi connectivity index (χ2v) is 5.56. The van der Waals surface area contributed by atoms with Gasteiger partial charge in [-0.25, -0.2) is 8.42 Å². The van der Waals surface area contributed by atoms with Gasteiger partial charge in [-0.05, 0) is 25.1 Å². The zero-order valence-electron chi connectivity index (χ0n) is 9.26. The molecule has 1 aromatic rings. The van der Waals surface area contributed by atoms with Crippen molar-refractivity contribution in [3.63, 3.8) is 0 Å². The minimum absolute atomic E-state index is 0.0412. The molecule has 0 atom stereocenters. The van der Waals surface area contributed by atoms with Gasteiger partial charge < -0.3 is 4.74 Å². The van der Waals surface area contributed by atoms with E-state index in [4.69, 9.17) is 4.74 Å². The third-order valence-electron chi connectivity index (χ3n) is 2.12. The molecule has 0 radical (unpaired) electrons. The Morgan fingerprint density at radius 1 is 1.38 bits per heavy atom. The highest BCUT2D eigenvalue weighted by atomic mass is 32.2. The van der Waals surface area contributed by atoms with Crippen molar-refractivity contribution in [1.82, 2.24) is 0 Å². The van der Waals surface area contributed by atoms with Crippen molar-refractivity contribution in [2.45, 2.75) is 18.2 Å². The molecule has 88 valence electrons. The van der Waals surface area contributed by atoms with Crippen LogP contribution in [0, 0.1) is 0 Å².